The van der Waals surface area contributed by atoms with Crippen molar-refractivity contribution in [2.75, 3.05) is 24.6 Å². The Kier molecular flexibility index (Phi) is 8.27. The van der Waals surface area contributed by atoms with Crippen LogP contribution in [0.15, 0.2) is 48.8 Å². The maximum absolute atomic E-state index is 12.3. The van der Waals surface area contributed by atoms with Gasteiger partial charge in [-0.25, -0.2) is 4.98 Å². The van der Waals surface area contributed by atoms with E-state index in [0.29, 0.717) is 31.2 Å². The molecule has 0 N–H and O–H groups in total. The van der Waals surface area contributed by atoms with Crippen LogP contribution in [0.5, 0.6) is 17.5 Å². The monoisotopic (exact) mass is 561 g/mol. The molecule has 2 aliphatic heterocycles. The van der Waals surface area contributed by atoms with Gasteiger partial charge in [-0.2, -0.15) is 0 Å². The molecule has 2 aliphatic rings. The number of aryl methyl sites for hydroxylation is 2. The predicted octanol–water partition coefficient (Wildman–Crippen LogP) is 5.55. The number of fused-ring (bicyclic) bond motifs is 1. The number of rotatable bonds is 10. The van der Waals surface area contributed by atoms with Crippen LogP contribution in [0.25, 0.3) is 0 Å². The van der Waals surface area contributed by atoms with Gasteiger partial charge in [0.1, 0.15) is 36.2 Å². The second-order valence-corrected chi connectivity index (χ2v) is 10.0. The van der Waals surface area contributed by atoms with Crippen molar-refractivity contribution >= 4 is 11.6 Å². The van der Waals surface area contributed by atoms with Crippen molar-refractivity contribution in [3.05, 3.63) is 64.5 Å². The van der Waals surface area contributed by atoms with Gasteiger partial charge < -0.3 is 29.2 Å². The quantitative estimate of drug-likeness (QED) is 0.234. The van der Waals surface area contributed by atoms with Crippen LogP contribution in [0.2, 0.25) is 0 Å². The van der Waals surface area contributed by atoms with E-state index in [1.165, 1.54) is 18.3 Å². The van der Waals surface area contributed by atoms with E-state index < -0.39 is 11.3 Å². The highest BCUT2D eigenvalue weighted by Crippen LogP contribution is 2.28. The molecule has 0 aliphatic carbocycles. The van der Waals surface area contributed by atoms with E-state index in [2.05, 4.69) is 19.6 Å². The molecule has 40 heavy (non-hydrogen) atoms. The number of nitrogens with zero attached hydrogens (tertiary/aromatic N) is 5. The first-order chi connectivity index (χ1) is 19.2. The second-order valence-electron chi connectivity index (χ2n) is 10.0. The standard InChI is InChI=1S/C27H30F3N5O5/c28-27(29,30)40-21-6-4-19(5-7-21)2-1-3-20-10-13-33(14-11-20)24-9-8-22(16-31-24)38-18-23-12-15-34-17-25(35(36)37)32-26(34)39-23/h4-9,16-17,20,23H,1-3,10-15,18H2. The number of imidazole rings is 1. The van der Waals surface area contributed by atoms with Crippen LogP contribution in [0.1, 0.15) is 37.7 Å². The summed E-state index contributed by atoms with van der Waals surface area (Å²) in [6.45, 7) is 2.69. The summed E-state index contributed by atoms with van der Waals surface area (Å²) in [6.07, 6.45) is 3.81. The summed E-state index contributed by atoms with van der Waals surface area (Å²) < 4.78 is 54.0. The molecule has 13 heteroatoms. The van der Waals surface area contributed by atoms with E-state index in [0.717, 1.165) is 56.6 Å². The lowest BCUT2D eigenvalue weighted by Crippen LogP contribution is -2.34. The van der Waals surface area contributed by atoms with Crippen LogP contribution in [0, 0.1) is 16.0 Å². The Morgan fingerprint density at radius 1 is 1.05 bits per heavy atom. The van der Waals surface area contributed by atoms with Crippen molar-refractivity contribution in [3.63, 3.8) is 0 Å². The van der Waals surface area contributed by atoms with Crippen molar-refractivity contribution in [2.45, 2.75) is 57.5 Å². The molecule has 1 unspecified atom stereocenters. The summed E-state index contributed by atoms with van der Waals surface area (Å²) in [5.74, 6) is 1.71. The number of anilines is 1. The molecule has 0 bridgehead atoms. The van der Waals surface area contributed by atoms with Crippen molar-refractivity contribution in [3.8, 4) is 17.5 Å². The number of alkyl halides is 3. The van der Waals surface area contributed by atoms with Crippen LogP contribution < -0.4 is 19.1 Å². The van der Waals surface area contributed by atoms with Gasteiger partial charge in [-0.1, -0.05) is 12.1 Å². The van der Waals surface area contributed by atoms with Crippen LogP contribution >= 0.6 is 0 Å². The SMILES string of the molecule is O=[N+]([O-])c1cn2c(n1)OC(COc1ccc(N3CCC(CCCc4ccc(OC(F)(F)F)cc4)CC3)nc1)CC2. The molecule has 1 aromatic carbocycles. The van der Waals surface area contributed by atoms with Gasteiger partial charge in [-0.3, -0.25) is 4.57 Å². The Labute approximate surface area is 228 Å². The van der Waals surface area contributed by atoms with E-state index in [-0.39, 0.29) is 23.7 Å². The van der Waals surface area contributed by atoms with Gasteiger partial charge in [-0.05, 0) is 72.8 Å². The molecule has 0 saturated carbocycles. The lowest BCUT2D eigenvalue weighted by molar-refractivity contribution is -0.389. The first-order valence-corrected chi connectivity index (χ1v) is 13.3. The summed E-state index contributed by atoms with van der Waals surface area (Å²) in [6, 6.07) is 10.2. The highest BCUT2D eigenvalue weighted by atomic mass is 19.4. The summed E-state index contributed by atoms with van der Waals surface area (Å²) in [4.78, 5) is 21.1. The molecule has 0 amide bonds. The highest BCUT2D eigenvalue weighted by molar-refractivity contribution is 5.41. The van der Waals surface area contributed by atoms with Gasteiger partial charge in [0.25, 0.3) is 0 Å². The van der Waals surface area contributed by atoms with Crippen molar-refractivity contribution < 1.29 is 32.3 Å². The Bertz CT molecular complexity index is 1280. The van der Waals surface area contributed by atoms with Crippen LogP contribution in [0.4, 0.5) is 24.8 Å². The smallest absolute Gasteiger partial charge is 0.488 e. The molecule has 0 spiro atoms. The number of hydrogen-bond acceptors (Lipinski definition) is 8. The number of halogens is 3. The van der Waals surface area contributed by atoms with E-state index in [1.807, 2.05) is 12.1 Å². The van der Waals surface area contributed by atoms with Crippen LogP contribution in [-0.4, -0.2) is 51.6 Å². The Hall–Kier alpha value is -4.03. The van der Waals surface area contributed by atoms with E-state index in [4.69, 9.17) is 9.47 Å². The average Bonchev–Trinajstić information content (AvgIpc) is 3.37. The van der Waals surface area contributed by atoms with Gasteiger partial charge in [-0.15, -0.1) is 13.2 Å². The molecule has 0 radical (unpaired) electrons. The summed E-state index contributed by atoms with van der Waals surface area (Å²) >= 11 is 0. The lowest BCUT2D eigenvalue weighted by atomic mass is 9.91. The number of ether oxygens (including phenoxy) is 3. The highest BCUT2D eigenvalue weighted by Gasteiger charge is 2.31. The second kappa shape index (κ2) is 12.0. The minimum Gasteiger partial charge on any atom is -0.488 e. The van der Waals surface area contributed by atoms with Crippen LogP contribution in [-0.2, 0) is 13.0 Å². The zero-order chi connectivity index (χ0) is 28.1. The largest absolute Gasteiger partial charge is 0.573 e. The van der Waals surface area contributed by atoms with Crippen molar-refractivity contribution in [1.29, 1.82) is 0 Å². The molecule has 3 aromatic rings. The number of piperidine rings is 1. The molecule has 10 nitrogen and oxygen atoms in total. The number of pyridine rings is 1. The predicted molar refractivity (Wildman–Crippen MR) is 139 cm³/mol. The fourth-order valence-electron chi connectivity index (χ4n) is 5.07. The van der Waals surface area contributed by atoms with E-state index >= 15 is 0 Å². The average molecular weight is 562 g/mol. The van der Waals surface area contributed by atoms with Gasteiger partial charge in [0.05, 0.1) is 6.20 Å². The molecule has 5 rings (SSSR count). The number of nitro groups is 1. The Morgan fingerprint density at radius 2 is 1.80 bits per heavy atom. The molecule has 1 atom stereocenters. The third-order valence-electron chi connectivity index (χ3n) is 7.21. The normalized spacial score (nSPS) is 17.7. The third kappa shape index (κ3) is 7.33. The topological polar surface area (TPSA) is 105 Å². The Balaban J connectivity index is 1.01. The maximum atomic E-state index is 12.3. The first-order valence-electron chi connectivity index (χ1n) is 13.3. The molecular formula is C27H30F3N5O5. The number of aromatic nitrogens is 3. The molecular weight excluding hydrogens is 531 g/mol. The fourth-order valence-corrected chi connectivity index (χ4v) is 5.07. The zero-order valence-electron chi connectivity index (χ0n) is 21.8. The Morgan fingerprint density at radius 3 is 2.48 bits per heavy atom. The molecule has 1 fully saturated rings. The minimum absolute atomic E-state index is 0.196. The number of benzene rings is 1. The van der Waals surface area contributed by atoms with Gasteiger partial charge >= 0.3 is 18.2 Å². The van der Waals surface area contributed by atoms with E-state index in [1.54, 1.807) is 22.9 Å². The number of hydrogen-bond donors (Lipinski definition) is 0. The summed E-state index contributed by atoms with van der Waals surface area (Å²) in [5.41, 5.74) is 1.00. The third-order valence-corrected chi connectivity index (χ3v) is 7.21. The first kappa shape index (κ1) is 27.5. The summed E-state index contributed by atoms with van der Waals surface area (Å²) in [5, 5.41) is 10.9. The molecule has 4 heterocycles. The molecule has 1 saturated heterocycles. The zero-order valence-corrected chi connectivity index (χ0v) is 21.8. The molecule has 214 valence electrons. The summed E-state index contributed by atoms with van der Waals surface area (Å²) in [7, 11) is 0. The van der Waals surface area contributed by atoms with Gasteiger partial charge in [0.2, 0.25) is 0 Å². The lowest BCUT2D eigenvalue weighted by Gasteiger charge is -2.33. The fraction of sp³-hybridized carbons (Fsp3) is 0.481. The van der Waals surface area contributed by atoms with Gasteiger partial charge in [0.15, 0.2) is 0 Å². The van der Waals surface area contributed by atoms with Crippen molar-refractivity contribution in [1.82, 2.24) is 14.5 Å². The van der Waals surface area contributed by atoms with E-state index in [9.17, 15) is 23.3 Å². The van der Waals surface area contributed by atoms with Crippen molar-refractivity contribution in [2.24, 2.45) is 5.92 Å². The minimum atomic E-state index is -4.67. The maximum Gasteiger partial charge on any atom is 0.573 e. The van der Waals surface area contributed by atoms with Crippen LogP contribution in [0.3, 0.4) is 0 Å². The van der Waals surface area contributed by atoms with Gasteiger partial charge in [0, 0.05) is 31.0 Å². The molecule has 2 aromatic heterocycles.